The number of ether oxygens (including phenoxy) is 1. The molecule has 0 amide bonds. The fraction of sp³-hybridized carbons (Fsp3) is 0.222. The van der Waals surface area contributed by atoms with Crippen LogP contribution in [0.25, 0.3) is 0 Å². The van der Waals surface area contributed by atoms with E-state index in [4.69, 9.17) is 10.00 Å². The van der Waals surface area contributed by atoms with Crippen LogP contribution in [-0.2, 0) is 9.53 Å². The molecule has 0 spiro atoms. The average molecular weight is 326 g/mol. The van der Waals surface area contributed by atoms with E-state index in [-0.39, 0.29) is 5.97 Å². The van der Waals surface area contributed by atoms with E-state index < -0.39 is 6.04 Å². The third-order valence-corrected chi connectivity index (χ3v) is 4.00. The highest BCUT2D eigenvalue weighted by molar-refractivity contribution is 7.98. The van der Waals surface area contributed by atoms with Crippen molar-refractivity contribution in [2.75, 3.05) is 18.2 Å². The molecule has 0 radical (unpaired) electrons. The number of carbonyl (C=O) groups excluding carboxylic acids is 1. The van der Waals surface area contributed by atoms with Gasteiger partial charge in [0.15, 0.2) is 6.04 Å². The Morgan fingerprint density at radius 3 is 2.65 bits per heavy atom. The van der Waals surface area contributed by atoms with Gasteiger partial charge in [-0.1, -0.05) is 12.1 Å². The summed E-state index contributed by atoms with van der Waals surface area (Å²) in [6.45, 7) is 2.11. The maximum Gasteiger partial charge on any atom is 0.333 e. The van der Waals surface area contributed by atoms with Crippen molar-refractivity contribution >= 4 is 23.4 Å². The molecular formula is C18H18N2O2S. The molecule has 1 N–H and O–H groups in total. The molecule has 118 valence electrons. The quantitative estimate of drug-likeness (QED) is 0.642. The topological polar surface area (TPSA) is 62.1 Å². The van der Waals surface area contributed by atoms with Crippen LogP contribution in [-0.4, -0.2) is 18.8 Å². The minimum atomic E-state index is -0.588. The first-order valence-corrected chi connectivity index (χ1v) is 8.47. The second-order valence-corrected chi connectivity index (χ2v) is 5.67. The molecule has 0 aliphatic carbocycles. The molecule has 0 saturated carbocycles. The number of rotatable bonds is 6. The molecule has 0 bridgehead atoms. The molecule has 2 rings (SSSR count). The summed E-state index contributed by atoms with van der Waals surface area (Å²) < 4.78 is 5.19. The highest BCUT2D eigenvalue weighted by Crippen LogP contribution is 2.25. The van der Waals surface area contributed by atoms with Crippen LogP contribution in [0, 0.1) is 11.3 Å². The Bertz CT molecular complexity index is 708. The number of anilines is 1. The number of esters is 1. The largest absolute Gasteiger partial charge is 0.464 e. The van der Waals surface area contributed by atoms with E-state index in [0.717, 1.165) is 16.1 Å². The summed E-state index contributed by atoms with van der Waals surface area (Å²) in [5.41, 5.74) is 2.18. The number of benzene rings is 2. The predicted molar refractivity (Wildman–Crippen MR) is 92.4 cm³/mol. The van der Waals surface area contributed by atoms with Gasteiger partial charge in [-0.25, -0.2) is 4.79 Å². The minimum absolute atomic E-state index is 0.324. The molecule has 1 unspecified atom stereocenters. The van der Waals surface area contributed by atoms with Gasteiger partial charge in [0.05, 0.1) is 18.2 Å². The lowest BCUT2D eigenvalue weighted by Gasteiger charge is -2.19. The molecule has 0 fully saturated rings. The van der Waals surface area contributed by atoms with Gasteiger partial charge in [0.25, 0.3) is 0 Å². The third-order valence-electron chi connectivity index (χ3n) is 3.27. The van der Waals surface area contributed by atoms with Gasteiger partial charge in [-0.05, 0) is 55.1 Å². The number of thioether (sulfide) groups is 1. The summed E-state index contributed by atoms with van der Waals surface area (Å²) in [6, 6.07) is 16.3. The molecule has 0 aliphatic heterocycles. The number of hydrogen-bond acceptors (Lipinski definition) is 5. The van der Waals surface area contributed by atoms with Crippen molar-refractivity contribution in [2.24, 2.45) is 0 Å². The third kappa shape index (κ3) is 4.51. The first-order chi connectivity index (χ1) is 11.2. The monoisotopic (exact) mass is 326 g/mol. The van der Waals surface area contributed by atoms with Crippen molar-refractivity contribution in [3.8, 4) is 6.07 Å². The maximum atomic E-state index is 12.3. The van der Waals surface area contributed by atoms with Crippen LogP contribution in [0.3, 0.4) is 0 Å². The highest BCUT2D eigenvalue weighted by atomic mass is 32.2. The van der Waals surface area contributed by atoms with Gasteiger partial charge in [-0.3, -0.25) is 0 Å². The van der Waals surface area contributed by atoms with Crippen molar-refractivity contribution < 1.29 is 9.53 Å². The van der Waals surface area contributed by atoms with Crippen molar-refractivity contribution in [3.63, 3.8) is 0 Å². The normalized spacial score (nSPS) is 11.3. The highest BCUT2D eigenvalue weighted by Gasteiger charge is 2.22. The van der Waals surface area contributed by atoms with E-state index in [2.05, 4.69) is 11.4 Å². The van der Waals surface area contributed by atoms with Crippen LogP contribution in [0.4, 0.5) is 5.69 Å². The maximum absolute atomic E-state index is 12.3. The average Bonchev–Trinajstić information content (AvgIpc) is 2.60. The van der Waals surface area contributed by atoms with Gasteiger partial charge in [0.2, 0.25) is 0 Å². The zero-order valence-electron chi connectivity index (χ0n) is 13.1. The number of nitrogens with one attached hydrogen (secondary N) is 1. The predicted octanol–water partition coefficient (Wildman–Crippen LogP) is 4.00. The van der Waals surface area contributed by atoms with Gasteiger partial charge in [-0.2, -0.15) is 5.26 Å². The lowest BCUT2D eigenvalue weighted by atomic mass is 10.1. The molecule has 0 heterocycles. The van der Waals surface area contributed by atoms with E-state index >= 15 is 0 Å². The Hall–Kier alpha value is -2.45. The van der Waals surface area contributed by atoms with Crippen molar-refractivity contribution in [3.05, 3.63) is 59.7 Å². The number of hydrogen-bond donors (Lipinski definition) is 1. The Morgan fingerprint density at radius 2 is 2.04 bits per heavy atom. The molecule has 2 aromatic carbocycles. The Labute approximate surface area is 140 Å². The van der Waals surface area contributed by atoms with Crippen molar-refractivity contribution in [2.45, 2.75) is 17.9 Å². The van der Waals surface area contributed by atoms with Crippen LogP contribution in [0.2, 0.25) is 0 Å². The Morgan fingerprint density at radius 1 is 1.30 bits per heavy atom. The van der Waals surface area contributed by atoms with Crippen LogP contribution in [0.1, 0.15) is 24.1 Å². The molecular weight excluding hydrogens is 308 g/mol. The van der Waals surface area contributed by atoms with Gasteiger partial charge < -0.3 is 10.1 Å². The lowest BCUT2D eigenvalue weighted by molar-refractivity contribution is -0.144. The Kier molecular flexibility index (Phi) is 6.07. The molecule has 1 atom stereocenters. The van der Waals surface area contributed by atoms with E-state index in [1.807, 2.05) is 30.5 Å². The smallest absolute Gasteiger partial charge is 0.333 e. The lowest BCUT2D eigenvalue weighted by Crippen LogP contribution is -2.23. The molecule has 0 aliphatic rings. The fourth-order valence-corrected chi connectivity index (χ4v) is 2.60. The van der Waals surface area contributed by atoms with E-state index in [9.17, 15) is 4.79 Å². The van der Waals surface area contributed by atoms with Gasteiger partial charge >= 0.3 is 5.97 Å². The summed E-state index contributed by atoms with van der Waals surface area (Å²) in [4.78, 5) is 13.4. The molecule has 23 heavy (non-hydrogen) atoms. The number of carbonyl (C=O) groups is 1. The molecule has 0 aromatic heterocycles. The van der Waals surface area contributed by atoms with E-state index in [1.165, 1.54) is 0 Å². The van der Waals surface area contributed by atoms with Crippen molar-refractivity contribution in [1.29, 1.82) is 5.26 Å². The molecule has 4 nitrogen and oxygen atoms in total. The SMILES string of the molecule is CCOC(=O)C(Nc1ccc(C#N)cc1)c1cccc(SC)c1. The summed E-state index contributed by atoms with van der Waals surface area (Å²) in [5.74, 6) is -0.324. The fourth-order valence-electron chi connectivity index (χ4n) is 2.13. The van der Waals surface area contributed by atoms with Gasteiger partial charge in [0, 0.05) is 10.6 Å². The summed E-state index contributed by atoms with van der Waals surface area (Å²) in [5, 5.41) is 12.0. The second kappa shape index (κ2) is 8.25. The summed E-state index contributed by atoms with van der Waals surface area (Å²) in [6.07, 6.45) is 1.99. The number of nitrogens with zero attached hydrogens (tertiary/aromatic N) is 1. The first kappa shape index (κ1) is 16.9. The Balaban J connectivity index is 2.29. The van der Waals surface area contributed by atoms with Gasteiger partial charge in [-0.15, -0.1) is 11.8 Å². The minimum Gasteiger partial charge on any atom is -0.464 e. The van der Waals surface area contributed by atoms with E-state index in [1.54, 1.807) is 43.0 Å². The zero-order chi connectivity index (χ0) is 16.7. The second-order valence-electron chi connectivity index (χ2n) is 4.80. The van der Waals surface area contributed by atoms with Gasteiger partial charge in [0.1, 0.15) is 0 Å². The van der Waals surface area contributed by atoms with Crippen LogP contribution < -0.4 is 5.32 Å². The zero-order valence-corrected chi connectivity index (χ0v) is 13.9. The van der Waals surface area contributed by atoms with Crippen molar-refractivity contribution in [1.82, 2.24) is 0 Å². The van der Waals surface area contributed by atoms with Crippen LogP contribution in [0.5, 0.6) is 0 Å². The molecule has 5 heteroatoms. The number of nitriles is 1. The first-order valence-electron chi connectivity index (χ1n) is 7.25. The molecule has 2 aromatic rings. The summed E-state index contributed by atoms with van der Waals surface area (Å²) >= 11 is 1.62. The molecule has 0 saturated heterocycles. The van der Waals surface area contributed by atoms with Crippen LogP contribution >= 0.6 is 11.8 Å². The van der Waals surface area contributed by atoms with E-state index in [0.29, 0.717) is 12.2 Å². The standard InChI is InChI=1S/C18H18N2O2S/c1-3-22-18(21)17(14-5-4-6-16(11-14)23-2)20-15-9-7-13(12-19)8-10-15/h4-11,17,20H,3H2,1-2H3. The van der Waals surface area contributed by atoms with Crippen LogP contribution in [0.15, 0.2) is 53.4 Å². The summed E-state index contributed by atoms with van der Waals surface area (Å²) in [7, 11) is 0.